The molecule has 24 heavy (non-hydrogen) atoms. The molecule has 0 aliphatic carbocycles. The van der Waals surface area contributed by atoms with Crippen LogP contribution in [-0.4, -0.2) is 36.2 Å². The van der Waals surface area contributed by atoms with E-state index in [0.717, 1.165) is 10.4 Å². The number of carbonyl (C=O) groups is 2. The Morgan fingerprint density at radius 2 is 1.92 bits per heavy atom. The van der Waals surface area contributed by atoms with Gasteiger partial charge in [-0.2, -0.15) is 0 Å². The Balaban J connectivity index is 2.15. The van der Waals surface area contributed by atoms with Gasteiger partial charge >= 0.3 is 5.97 Å². The monoisotopic (exact) mass is 367 g/mol. The van der Waals surface area contributed by atoms with Crippen molar-refractivity contribution in [1.82, 2.24) is 5.32 Å². The number of aliphatic carboxylic acids is 1. The van der Waals surface area contributed by atoms with E-state index in [0.29, 0.717) is 9.90 Å². The van der Waals surface area contributed by atoms with E-state index in [9.17, 15) is 9.59 Å². The van der Waals surface area contributed by atoms with E-state index in [1.165, 1.54) is 18.4 Å². The number of benzene rings is 1. The van der Waals surface area contributed by atoms with Crippen LogP contribution >= 0.6 is 22.9 Å². The second kappa shape index (κ2) is 7.79. The molecule has 2 N–H and O–H groups in total. The highest BCUT2D eigenvalue weighted by atomic mass is 35.5. The van der Waals surface area contributed by atoms with Crippen LogP contribution in [0, 0.1) is 0 Å². The van der Waals surface area contributed by atoms with Gasteiger partial charge in [-0.05, 0) is 36.8 Å². The second-order valence-corrected chi connectivity index (χ2v) is 7.21. The van der Waals surface area contributed by atoms with E-state index >= 15 is 0 Å². The molecule has 128 valence electrons. The fourth-order valence-electron chi connectivity index (χ4n) is 2.35. The summed E-state index contributed by atoms with van der Waals surface area (Å²) >= 11 is 7.21. The maximum Gasteiger partial charge on any atom is 0.305 e. The van der Waals surface area contributed by atoms with Crippen molar-refractivity contribution >= 4 is 34.8 Å². The van der Waals surface area contributed by atoms with Crippen LogP contribution in [0.1, 0.15) is 23.0 Å². The Labute approximate surface area is 149 Å². The first-order valence-electron chi connectivity index (χ1n) is 7.22. The fourth-order valence-corrected chi connectivity index (χ4v) is 3.38. The Morgan fingerprint density at radius 3 is 2.50 bits per heavy atom. The smallest absolute Gasteiger partial charge is 0.305 e. The third kappa shape index (κ3) is 4.80. The van der Waals surface area contributed by atoms with Crippen molar-refractivity contribution in [1.29, 1.82) is 0 Å². The van der Waals surface area contributed by atoms with E-state index in [1.807, 2.05) is 18.2 Å². The Kier molecular flexibility index (Phi) is 5.99. The zero-order chi connectivity index (χ0) is 17.7. The standard InChI is InChI=1S/C17H18ClNO4S/c1-17(10-23-2,9-15(20)21)19-16(22)14-8-7-13(24-14)11-3-5-12(18)6-4-11/h3-8H,9-10H2,1-2H3,(H,19,22)(H,20,21). The molecule has 0 aliphatic rings. The molecule has 7 heteroatoms. The number of hydrogen-bond acceptors (Lipinski definition) is 4. The summed E-state index contributed by atoms with van der Waals surface area (Å²) in [6, 6.07) is 10.9. The normalized spacial score (nSPS) is 13.3. The zero-order valence-corrected chi connectivity index (χ0v) is 14.9. The van der Waals surface area contributed by atoms with Crippen molar-refractivity contribution in [2.75, 3.05) is 13.7 Å². The predicted molar refractivity (Wildman–Crippen MR) is 94.8 cm³/mol. The summed E-state index contributed by atoms with van der Waals surface area (Å²) in [5, 5.41) is 12.4. The molecule has 2 aromatic rings. The highest BCUT2D eigenvalue weighted by molar-refractivity contribution is 7.17. The number of halogens is 1. The second-order valence-electron chi connectivity index (χ2n) is 5.69. The van der Waals surface area contributed by atoms with Crippen molar-refractivity contribution in [3.05, 3.63) is 46.3 Å². The SMILES string of the molecule is COCC(C)(CC(=O)O)NC(=O)c1ccc(-c2ccc(Cl)cc2)s1. The lowest BCUT2D eigenvalue weighted by Crippen LogP contribution is -2.50. The molecule has 0 saturated carbocycles. The minimum absolute atomic E-state index is 0.112. The van der Waals surface area contributed by atoms with Gasteiger partial charge in [0.1, 0.15) is 0 Å². The first-order valence-corrected chi connectivity index (χ1v) is 8.41. The average Bonchev–Trinajstić information content (AvgIpc) is 2.97. The minimum atomic E-state index is -0.997. The lowest BCUT2D eigenvalue weighted by atomic mass is 9.99. The van der Waals surface area contributed by atoms with Gasteiger partial charge in [0.25, 0.3) is 5.91 Å². The molecule has 1 atom stereocenters. The summed E-state index contributed by atoms with van der Waals surface area (Å²) in [6.07, 6.45) is -0.220. The van der Waals surface area contributed by atoms with Gasteiger partial charge in [-0.1, -0.05) is 23.7 Å². The quantitative estimate of drug-likeness (QED) is 0.782. The van der Waals surface area contributed by atoms with Crippen LogP contribution in [-0.2, 0) is 9.53 Å². The zero-order valence-electron chi connectivity index (χ0n) is 13.3. The molecule has 2 rings (SSSR count). The molecule has 1 amide bonds. The van der Waals surface area contributed by atoms with Crippen molar-refractivity contribution < 1.29 is 19.4 Å². The number of thiophene rings is 1. The molecule has 5 nitrogen and oxygen atoms in total. The molecule has 1 heterocycles. The van der Waals surface area contributed by atoms with Gasteiger partial charge in [0.15, 0.2) is 0 Å². The van der Waals surface area contributed by atoms with Crippen molar-refractivity contribution in [2.45, 2.75) is 18.9 Å². The van der Waals surface area contributed by atoms with Gasteiger partial charge in [0.2, 0.25) is 0 Å². The van der Waals surface area contributed by atoms with Gasteiger partial charge in [-0.25, -0.2) is 0 Å². The lowest BCUT2D eigenvalue weighted by Gasteiger charge is -2.28. The molecule has 0 bridgehead atoms. The first-order chi connectivity index (χ1) is 11.3. The number of rotatable bonds is 7. The van der Waals surface area contributed by atoms with Crippen LogP contribution in [0.15, 0.2) is 36.4 Å². The maximum atomic E-state index is 12.4. The minimum Gasteiger partial charge on any atom is -0.481 e. The number of ether oxygens (including phenoxy) is 1. The van der Waals surface area contributed by atoms with Gasteiger partial charge in [-0.15, -0.1) is 11.3 Å². The molecule has 0 saturated heterocycles. The van der Waals surface area contributed by atoms with Crippen LogP contribution in [0.4, 0.5) is 0 Å². The lowest BCUT2D eigenvalue weighted by molar-refractivity contribution is -0.139. The van der Waals surface area contributed by atoms with E-state index in [4.69, 9.17) is 21.4 Å². The fraction of sp³-hybridized carbons (Fsp3) is 0.294. The number of hydrogen-bond donors (Lipinski definition) is 2. The summed E-state index contributed by atoms with van der Waals surface area (Å²) in [4.78, 5) is 24.9. The molecule has 0 aliphatic heterocycles. The van der Waals surface area contributed by atoms with E-state index in [1.54, 1.807) is 25.1 Å². The summed E-state index contributed by atoms with van der Waals surface area (Å²) in [5.41, 5.74) is -0.00381. The highest BCUT2D eigenvalue weighted by Crippen LogP contribution is 2.29. The number of carboxylic acid groups (broad SMARTS) is 1. The molecular formula is C17H18ClNO4S. The largest absolute Gasteiger partial charge is 0.481 e. The Morgan fingerprint density at radius 1 is 1.25 bits per heavy atom. The average molecular weight is 368 g/mol. The van der Waals surface area contributed by atoms with Crippen LogP contribution in [0.25, 0.3) is 10.4 Å². The molecule has 1 aromatic carbocycles. The van der Waals surface area contributed by atoms with Crippen LogP contribution in [0.2, 0.25) is 5.02 Å². The molecule has 0 spiro atoms. The summed E-state index contributed by atoms with van der Waals surface area (Å²) in [5.74, 6) is -1.32. The van der Waals surface area contributed by atoms with Crippen molar-refractivity contribution in [2.24, 2.45) is 0 Å². The molecule has 1 aromatic heterocycles. The Hall–Kier alpha value is -1.89. The van der Waals surface area contributed by atoms with Crippen LogP contribution < -0.4 is 5.32 Å². The highest BCUT2D eigenvalue weighted by Gasteiger charge is 2.30. The Bertz CT molecular complexity index is 728. The van der Waals surface area contributed by atoms with Gasteiger partial charge < -0.3 is 15.2 Å². The summed E-state index contributed by atoms with van der Waals surface area (Å²) in [6.45, 7) is 1.76. The number of carboxylic acids is 1. The summed E-state index contributed by atoms with van der Waals surface area (Å²) in [7, 11) is 1.47. The van der Waals surface area contributed by atoms with Gasteiger partial charge in [0.05, 0.1) is 23.4 Å². The van der Waals surface area contributed by atoms with E-state index in [2.05, 4.69) is 5.32 Å². The van der Waals surface area contributed by atoms with E-state index < -0.39 is 11.5 Å². The number of amides is 1. The predicted octanol–water partition coefficient (Wildman–Crippen LogP) is 3.68. The molecule has 1 unspecified atom stereocenters. The molecular weight excluding hydrogens is 350 g/mol. The third-order valence-corrected chi connectivity index (χ3v) is 4.76. The first kappa shape index (κ1) is 18.4. The maximum absolute atomic E-state index is 12.4. The number of methoxy groups -OCH3 is 1. The topological polar surface area (TPSA) is 75.6 Å². The van der Waals surface area contributed by atoms with Gasteiger partial charge in [0, 0.05) is 17.0 Å². The third-order valence-electron chi connectivity index (χ3n) is 3.38. The van der Waals surface area contributed by atoms with Crippen molar-refractivity contribution in [3.8, 4) is 10.4 Å². The number of carbonyl (C=O) groups excluding carboxylic acids is 1. The number of nitrogens with one attached hydrogen (secondary N) is 1. The molecule has 0 radical (unpaired) electrons. The van der Waals surface area contributed by atoms with Crippen LogP contribution in [0.5, 0.6) is 0 Å². The van der Waals surface area contributed by atoms with E-state index in [-0.39, 0.29) is 18.9 Å². The van der Waals surface area contributed by atoms with Crippen molar-refractivity contribution in [3.63, 3.8) is 0 Å². The molecule has 0 fully saturated rings. The van der Waals surface area contributed by atoms with Crippen LogP contribution in [0.3, 0.4) is 0 Å². The summed E-state index contributed by atoms with van der Waals surface area (Å²) < 4.78 is 5.04. The van der Waals surface area contributed by atoms with Gasteiger partial charge in [-0.3, -0.25) is 9.59 Å².